The summed E-state index contributed by atoms with van der Waals surface area (Å²) in [6.45, 7) is 13.2. The van der Waals surface area contributed by atoms with Gasteiger partial charge in [0.1, 0.15) is 0 Å². The highest BCUT2D eigenvalue weighted by atomic mass is 14.8. The fourth-order valence-corrected chi connectivity index (χ4v) is 3.49. The Balaban J connectivity index is 0.000000368. The second-order valence-corrected chi connectivity index (χ2v) is 6.74. The molecule has 24 heavy (non-hydrogen) atoms. The van der Waals surface area contributed by atoms with Gasteiger partial charge >= 0.3 is 0 Å². The summed E-state index contributed by atoms with van der Waals surface area (Å²) in [5.74, 6) is 0. The molecule has 0 aliphatic heterocycles. The zero-order valence-electron chi connectivity index (χ0n) is 15.8. The van der Waals surface area contributed by atoms with E-state index < -0.39 is 0 Å². The van der Waals surface area contributed by atoms with Crippen molar-refractivity contribution in [2.75, 3.05) is 13.1 Å². The SMILES string of the molecule is CCNCC.Cc1ccccc1C1=CCC1(C)c1ccccc1C. The Kier molecular flexibility index (Phi) is 6.39. The van der Waals surface area contributed by atoms with Crippen molar-refractivity contribution in [1.82, 2.24) is 5.32 Å². The first-order valence-electron chi connectivity index (χ1n) is 9.08. The molecule has 1 unspecified atom stereocenters. The van der Waals surface area contributed by atoms with E-state index in [1.165, 1.54) is 27.8 Å². The lowest BCUT2D eigenvalue weighted by molar-refractivity contribution is 0.576. The number of benzene rings is 2. The predicted octanol–water partition coefficient (Wildman–Crippen LogP) is 5.66. The van der Waals surface area contributed by atoms with Crippen LogP contribution < -0.4 is 5.32 Å². The highest BCUT2D eigenvalue weighted by Crippen LogP contribution is 2.50. The van der Waals surface area contributed by atoms with Crippen LogP contribution in [0, 0.1) is 13.8 Å². The number of aryl methyl sites for hydroxylation is 2. The zero-order chi connectivity index (χ0) is 17.6. The third-order valence-electron chi connectivity index (χ3n) is 4.98. The van der Waals surface area contributed by atoms with Gasteiger partial charge in [0.25, 0.3) is 0 Å². The molecule has 2 aromatic rings. The first-order valence-corrected chi connectivity index (χ1v) is 9.08. The van der Waals surface area contributed by atoms with E-state index in [0.29, 0.717) is 0 Å². The molecule has 0 saturated heterocycles. The van der Waals surface area contributed by atoms with Crippen LogP contribution in [0.5, 0.6) is 0 Å². The molecule has 1 N–H and O–H groups in total. The van der Waals surface area contributed by atoms with Crippen LogP contribution in [0.4, 0.5) is 0 Å². The Labute approximate surface area is 147 Å². The molecule has 0 heterocycles. The quantitative estimate of drug-likeness (QED) is 0.765. The molecule has 1 heteroatoms. The summed E-state index contributed by atoms with van der Waals surface area (Å²) in [5.41, 5.74) is 7.30. The van der Waals surface area contributed by atoms with Crippen LogP contribution in [0.2, 0.25) is 0 Å². The van der Waals surface area contributed by atoms with Crippen molar-refractivity contribution in [3.63, 3.8) is 0 Å². The van der Waals surface area contributed by atoms with E-state index in [4.69, 9.17) is 0 Å². The number of hydrogen-bond donors (Lipinski definition) is 1. The van der Waals surface area contributed by atoms with Gasteiger partial charge in [-0.1, -0.05) is 75.4 Å². The lowest BCUT2D eigenvalue weighted by Crippen LogP contribution is -2.31. The Morgan fingerprint density at radius 2 is 1.46 bits per heavy atom. The van der Waals surface area contributed by atoms with Gasteiger partial charge in [0.15, 0.2) is 0 Å². The first kappa shape index (κ1) is 18.5. The van der Waals surface area contributed by atoms with Gasteiger partial charge in [0.05, 0.1) is 0 Å². The smallest absolute Gasteiger partial charge is 0.0214 e. The monoisotopic (exact) mass is 321 g/mol. The second kappa shape index (κ2) is 8.30. The summed E-state index contributed by atoms with van der Waals surface area (Å²) >= 11 is 0. The number of allylic oxidation sites excluding steroid dienone is 2. The maximum absolute atomic E-state index is 3.11. The van der Waals surface area contributed by atoms with Gasteiger partial charge in [0.2, 0.25) is 0 Å². The standard InChI is InChI=1S/C19H20.C4H11N/c1-14-8-4-6-10-16(14)18-12-13-19(18,3)17-11-7-5-9-15(17)2;1-3-5-4-2/h4-12H,13H2,1-3H3;5H,3-4H2,1-2H3. The molecule has 1 aliphatic carbocycles. The van der Waals surface area contributed by atoms with E-state index in [2.05, 4.69) is 94.5 Å². The van der Waals surface area contributed by atoms with E-state index in [1.807, 2.05) is 0 Å². The molecular formula is C23H31N. The third kappa shape index (κ3) is 3.79. The highest BCUT2D eigenvalue weighted by Gasteiger charge is 2.38. The summed E-state index contributed by atoms with van der Waals surface area (Å²) in [6, 6.07) is 17.5. The molecule has 3 rings (SSSR count). The lowest BCUT2D eigenvalue weighted by Gasteiger charge is -2.41. The predicted molar refractivity (Wildman–Crippen MR) is 107 cm³/mol. The van der Waals surface area contributed by atoms with E-state index in [9.17, 15) is 0 Å². The molecular weight excluding hydrogens is 290 g/mol. The lowest BCUT2D eigenvalue weighted by atomic mass is 9.62. The van der Waals surface area contributed by atoms with Crippen LogP contribution in [-0.4, -0.2) is 13.1 Å². The Hall–Kier alpha value is -1.86. The molecule has 0 bridgehead atoms. The van der Waals surface area contributed by atoms with Crippen LogP contribution in [0.15, 0.2) is 54.6 Å². The second-order valence-electron chi connectivity index (χ2n) is 6.74. The van der Waals surface area contributed by atoms with Gasteiger partial charge in [0, 0.05) is 5.41 Å². The molecule has 0 aromatic heterocycles. The van der Waals surface area contributed by atoms with Crippen molar-refractivity contribution in [3.8, 4) is 0 Å². The van der Waals surface area contributed by atoms with Gasteiger partial charge < -0.3 is 5.32 Å². The van der Waals surface area contributed by atoms with Crippen molar-refractivity contribution in [1.29, 1.82) is 0 Å². The van der Waals surface area contributed by atoms with Crippen LogP contribution in [0.3, 0.4) is 0 Å². The minimum atomic E-state index is 0.178. The van der Waals surface area contributed by atoms with Crippen molar-refractivity contribution in [3.05, 3.63) is 76.9 Å². The maximum atomic E-state index is 3.11. The zero-order valence-corrected chi connectivity index (χ0v) is 15.8. The van der Waals surface area contributed by atoms with Crippen molar-refractivity contribution in [2.45, 2.75) is 46.5 Å². The Bertz CT molecular complexity index is 697. The van der Waals surface area contributed by atoms with Crippen LogP contribution in [0.1, 0.15) is 49.4 Å². The van der Waals surface area contributed by atoms with E-state index >= 15 is 0 Å². The fraction of sp³-hybridized carbons (Fsp3) is 0.391. The average molecular weight is 322 g/mol. The summed E-state index contributed by atoms with van der Waals surface area (Å²) in [7, 11) is 0. The molecule has 2 aromatic carbocycles. The highest BCUT2D eigenvalue weighted by molar-refractivity contribution is 5.82. The van der Waals surface area contributed by atoms with E-state index in [-0.39, 0.29) is 5.41 Å². The maximum Gasteiger partial charge on any atom is 0.0214 e. The fourth-order valence-electron chi connectivity index (χ4n) is 3.49. The number of hydrogen-bond acceptors (Lipinski definition) is 1. The minimum absolute atomic E-state index is 0.178. The summed E-state index contributed by atoms with van der Waals surface area (Å²) < 4.78 is 0. The molecule has 0 saturated carbocycles. The molecule has 0 spiro atoms. The van der Waals surface area contributed by atoms with Crippen LogP contribution in [0.25, 0.3) is 5.57 Å². The molecule has 0 amide bonds. The molecule has 128 valence electrons. The third-order valence-corrected chi connectivity index (χ3v) is 4.98. The van der Waals surface area contributed by atoms with Crippen molar-refractivity contribution >= 4 is 5.57 Å². The Morgan fingerprint density at radius 1 is 0.875 bits per heavy atom. The summed E-state index contributed by atoms with van der Waals surface area (Å²) in [5, 5.41) is 3.11. The average Bonchev–Trinajstić information content (AvgIpc) is 2.57. The minimum Gasteiger partial charge on any atom is -0.317 e. The molecule has 1 aliphatic rings. The van der Waals surface area contributed by atoms with Gasteiger partial charge in [-0.2, -0.15) is 0 Å². The van der Waals surface area contributed by atoms with Crippen LogP contribution >= 0.6 is 0 Å². The normalized spacial score (nSPS) is 19.0. The van der Waals surface area contributed by atoms with E-state index in [0.717, 1.165) is 19.5 Å². The van der Waals surface area contributed by atoms with Gasteiger partial charge in [-0.3, -0.25) is 0 Å². The van der Waals surface area contributed by atoms with Crippen molar-refractivity contribution in [2.24, 2.45) is 0 Å². The summed E-state index contributed by atoms with van der Waals surface area (Å²) in [6.07, 6.45) is 3.52. The molecule has 1 atom stereocenters. The first-order chi connectivity index (χ1) is 11.5. The number of nitrogens with one attached hydrogen (secondary N) is 1. The van der Waals surface area contributed by atoms with Crippen molar-refractivity contribution < 1.29 is 0 Å². The Morgan fingerprint density at radius 3 is 1.92 bits per heavy atom. The summed E-state index contributed by atoms with van der Waals surface area (Å²) in [4.78, 5) is 0. The number of rotatable bonds is 4. The largest absolute Gasteiger partial charge is 0.317 e. The van der Waals surface area contributed by atoms with Gasteiger partial charge in [-0.15, -0.1) is 0 Å². The van der Waals surface area contributed by atoms with Gasteiger partial charge in [-0.25, -0.2) is 0 Å². The molecule has 0 radical (unpaired) electrons. The van der Waals surface area contributed by atoms with Gasteiger partial charge in [-0.05, 0) is 61.2 Å². The van der Waals surface area contributed by atoms with E-state index in [1.54, 1.807) is 0 Å². The molecule has 1 nitrogen and oxygen atoms in total. The molecule has 0 fully saturated rings. The van der Waals surface area contributed by atoms with Crippen LogP contribution in [-0.2, 0) is 5.41 Å². The topological polar surface area (TPSA) is 12.0 Å².